The molecule has 2 aromatic rings. The van der Waals surface area contributed by atoms with Crippen molar-refractivity contribution in [3.63, 3.8) is 0 Å². The van der Waals surface area contributed by atoms with E-state index in [2.05, 4.69) is 11.4 Å². The van der Waals surface area contributed by atoms with Gasteiger partial charge in [0.2, 0.25) is 0 Å². The minimum absolute atomic E-state index is 0.669. The normalized spacial score (nSPS) is 15.1. The lowest BCUT2D eigenvalue weighted by molar-refractivity contribution is 0.337. The maximum atomic E-state index is 5.89. The Hall–Kier alpha value is -1.48. The van der Waals surface area contributed by atoms with Gasteiger partial charge in [0.25, 0.3) is 0 Å². The molecule has 1 N–H and O–H groups in total. The van der Waals surface area contributed by atoms with Gasteiger partial charge >= 0.3 is 0 Å². The van der Waals surface area contributed by atoms with Crippen molar-refractivity contribution in [2.24, 2.45) is 0 Å². The molecule has 84 valence electrons. The Morgan fingerprint density at radius 3 is 3.25 bits per heavy atom. The van der Waals surface area contributed by atoms with Crippen LogP contribution in [0.5, 0.6) is 5.75 Å². The fraction of sp³-hybridized carbons (Fsp3) is 0.385. The van der Waals surface area contributed by atoms with E-state index in [1.165, 1.54) is 10.9 Å². The van der Waals surface area contributed by atoms with E-state index in [1.54, 1.807) is 0 Å². The molecule has 0 fully saturated rings. The second kappa shape index (κ2) is 3.83. The van der Waals surface area contributed by atoms with Crippen LogP contribution >= 0.6 is 0 Å². The van der Waals surface area contributed by atoms with Crippen LogP contribution in [-0.2, 0) is 13.0 Å². The summed E-state index contributed by atoms with van der Waals surface area (Å²) in [6.45, 7) is 4.52. The first-order valence-electron chi connectivity index (χ1n) is 5.77. The average Bonchev–Trinajstić information content (AvgIpc) is 2.69. The molecule has 0 radical (unpaired) electrons. The number of benzene rings is 1. The monoisotopic (exact) mass is 217 g/mol. The summed E-state index contributed by atoms with van der Waals surface area (Å²) in [5, 5.41) is 4.53. The molecule has 1 aromatic carbocycles. The summed E-state index contributed by atoms with van der Waals surface area (Å²) in [6.07, 6.45) is 1.04. The van der Waals surface area contributed by atoms with Crippen LogP contribution in [0.25, 0.3) is 11.0 Å². The number of fused-ring (bicyclic) bond motifs is 3. The summed E-state index contributed by atoms with van der Waals surface area (Å²) in [4.78, 5) is 0. The Morgan fingerprint density at radius 1 is 1.44 bits per heavy atom. The topological polar surface area (TPSA) is 34.4 Å². The molecule has 1 aliphatic rings. The zero-order chi connectivity index (χ0) is 11.0. The lowest BCUT2D eigenvalue weighted by Gasteiger charge is -2.10. The minimum atomic E-state index is 0.669. The highest BCUT2D eigenvalue weighted by Crippen LogP contribution is 2.34. The molecular formula is C13H15NO2. The summed E-state index contributed by atoms with van der Waals surface area (Å²) in [5.41, 5.74) is 2.24. The first-order valence-corrected chi connectivity index (χ1v) is 5.77. The van der Waals surface area contributed by atoms with E-state index in [0.717, 1.165) is 36.6 Å². The third-order valence-electron chi connectivity index (χ3n) is 3.00. The van der Waals surface area contributed by atoms with Gasteiger partial charge in [-0.2, -0.15) is 0 Å². The predicted octanol–water partition coefficient (Wildman–Crippen LogP) is 2.48. The van der Waals surface area contributed by atoms with Crippen molar-refractivity contribution < 1.29 is 9.15 Å². The average molecular weight is 217 g/mol. The van der Waals surface area contributed by atoms with Crippen LogP contribution in [0.1, 0.15) is 18.2 Å². The molecule has 3 heteroatoms. The highest BCUT2D eigenvalue weighted by atomic mass is 16.5. The molecule has 0 saturated carbocycles. The smallest absolute Gasteiger partial charge is 0.176 e. The second-order valence-corrected chi connectivity index (χ2v) is 4.00. The molecule has 16 heavy (non-hydrogen) atoms. The minimum Gasteiger partial charge on any atom is -0.490 e. The number of hydrogen-bond donors (Lipinski definition) is 1. The van der Waals surface area contributed by atoms with Gasteiger partial charge in [-0.25, -0.2) is 0 Å². The Balaban J connectivity index is 2.21. The molecule has 0 bridgehead atoms. The first-order chi connectivity index (χ1) is 7.90. The highest BCUT2D eigenvalue weighted by Gasteiger charge is 2.19. The molecule has 0 unspecified atom stereocenters. The van der Waals surface area contributed by atoms with Crippen molar-refractivity contribution in [2.75, 3.05) is 13.2 Å². The Labute approximate surface area is 94.4 Å². The van der Waals surface area contributed by atoms with Gasteiger partial charge in [0.1, 0.15) is 5.76 Å². The van der Waals surface area contributed by atoms with E-state index in [4.69, 9.17) is 9.15 Å². The molecule has 1 aromatic heterocycles. The number of para-hydroxylation sites is 1. The van der Waals surface area contributed by atoms with Gasteiger partial charge in [-0.1, -0.05) is 12.1 Å². The lowest BCUT2D eigenvalue weighted by Crippen LogP contribution is -2.22. The quantitative estimate of drug-likeness (QED) is 0.839. The van der Waals surface area contributed by atoms with Gasteiger partial charge in [-0.3, -0.25) is 0 Å². The van der Waals surface area contributed by atoms with Crippen molar-refractivity contribution in [3.8, 4) is 5.75 Å². The lowest BCUT2D eigenvalue weighted by atomic mass is 10.0. The molecule has 0 saturated heterocycles. The summed E-state index contributed by atoms with van der Waals surface area (Å²) < 4.78 is 11.5. The van der Waals surface area contributed by atoms with Crippen molar-refractivity contribution in [3.05, 3.63) is 29.5 Å². The summed E-state index contributed by atoms with van der Waals surface area (Å²) >= 11 is 0. The van der Waals surface area contributed by atoms with E-state index >= 15 is 0 Å². The van der Waals surface area contributed by atoms with Gasteiger partial charge in [0, 0.05) is 10.9 Å². The van der Waals surface area contributed by atoms with Gasteiger partial charge in [0.05, 0.1) is 13.2 Å². The van der Waals surface area contributed by atoms with Crippen molar-refractivity contribution >= 4 is 11.0 Å². The Kier molecular flexibility index (Phi) is 2.33. The largest absolute Gasteiger partial charge is 0.490 e. The number of rotatable bonds is 2. The van der Waals surface area contributed by atoms with Crippen LogP contribution in [0.2, 0.25) is 0 Å². The summed E-state index contributed by atoms with van der Waals surface area (Å²) in [5.74, 6) is 1.92. The van der Waals surface area contributed by atoms with Crippen LogP contribution in [0, 0.1) is 0 Å². The number of hydrogen-bond acceptors (Lipinski definition) is 3. The molecule has 0 atom stereocenters. The van der Waals surface area contributed by atoms with Crippen molar-refractivity contribution in [2.45, 2.75) is 19.9 Å². The molecule has 3 rings (SSSR count). The van der Waals surface area contributed by atoms with Crippen LogP contribution in [0.4, 0.5) is 0 Å². The van der Waals surface area contributed by atoms with Crippen LogP contribution in [0.3, 0.4) is 0 Å². The van der Waals surface area contributed by atoms with E-state index in [0.29, 0.717) is 6.61 Å². The number of ether oxygens (including phenoxy) is 1. The Bertz CT molecular complexity index is 516. The van der Waals surface area contributed by atoms with E-state index in [9.17, 15) is 0 Å². The van der Waals surface area contributed by atoms with E-state index in [1.807, 2.05) is 19.1 Å². The van der Waals surface area contributed by atoms with Gasteiger partial charge in [-0.15, -0.1) is 0 Å². The standard InChI is InChI=1S/C13H15NO2/c1-2-15-11-5-3-4-10-9-6-7-14-8-12(9)16-13(10)11/h3-5,14H,2,6-8H2,1H3. The molecule has 0 spiro atoms. The Morgan fingerprint density at radius 2 is 2.38 bits per heavy atom. The van der Waals surface area contributed by atoms with Crippen LogP contribution < -0.4 is 10.1 Å². The molecule has 3 nitrogen and oxygen atoms in total. The fourth-order valence-corrected chi connectivity index (χ4v) is 2.30. The summed E-state index contributed by atoms with van der Waals surface area (Å²) in [7, 11) is 0. The van der Waals surface area contributed by atoms with Gasteiger partial charge in [0.15, 0.2) is 11.3 Å². The van der Waals surface area contributed by atoms with Crippen molar-refractivity contribution in [1.82, 2.24) is 5.32 Å². The third kappa shape index (κ3) is 1.39. The molecule has 2 heterocycles. The zero-order valence-electron chi connectivity index (χ0n) is 9.38. The van der Waals surface area contributed by atoms with Gasteiger partial charge in [-0.05, 0) is 26.0 Å². The predicted molar refractivity (Wildman–Crippen MR) is 62.8 cm³/mol. The number of furan rings is 1. The first kappa shape index (κ1) is 9.73. The third-order valence-corrected chi connectivity index (χ3v) is 3.00. The molecule has 0 aliphatic carbocycles. The highest BCUT2D eigenvalue weighted by molar-refractivity contribution is 5.87. The molecular weight excluding hydrogens is 202 g/mol. The van der Waals surface area contributed by atoms with Crippen LogP contribution in [0.15, 0.2) is 22.6 Å². The SMILES string of the molecule is CCOc1cccc2c3c(oc12)CNCC3. The molecule has 0 amide bonds. The van der Waals surface area contributed by atoms with Gasteiger partial charge < -0.3 is 14.5 Å². The van der Waals surface area contributed by atoms with E-state index < -0.39 is 0 Å². The fourth-order valence-electron chi connectivity index (χ4n) is 2.30. The second-order valence-electron chi connectivity index (χ2n) is 4.00. The van der Waals surface area contributed by atoms with Crippen LogP contribution in [-0.4, -0.2) is 13.2 Å². The maximum absolute atomic E-state index is 5.89. The maximum Gasteiger partial charge on any atom is 0.176 e. The van der Waals surface area contributed by atoms with Crippen molar-refractivity contribution in [1.29, 1.82) is 0 Å². The van der Waals surface area contributed by atoms with E-state index in [-0.39, 0.29) is 0 Å². The molecule has 1 aliphatic heterocycles. The summed E-state index contributed by atoms with van der Waals surface area (Å²) in [6, 6.07) is 6.12. The zero-order valence-corrected chi connectivity index (χ0v) is 9.38. The number of nitrogens with one attached hydrogen (secondary N) is 1.